The summed E-state index contributed by atoms with van der Waals surface area (Å²) >= 11 is 5.70. The molecule has 1 heterocycles. The van der Waals surface area contributed by atoms with Crippen LogP contribution in [-0.4, -0.2) is 22.5 Å². The van der Waals surface area contributed by atoms with Gasteiger partial charge in [0.05, 0.1) is 29.7 Å². The number of rotatable bonds is 6. The Morgan fingerprint density at radius 2 is 2.09 bits per heavy atom. The molecule has 1 N–H and O–H groups in total. The predicted molar refractivity (Wildman–Crippen MR) is 81.6 cm³/mol. The van der Waals surface area contributed by atoms with Crippen molar-refractivity contribution >= 4 is 23.2 Å². The van der Waals surface area contributed by atoms with E-state index in [-0.39, 0.29) is 23.4 Å². The van der Waals surface area contributed by atoms with Gasteiger partial charge in [-0.3, -0.25) is 4.79 Å². The highest BCUT2D eigenvalue weighted by Crippen LogP contribution is 2.17. The molecule has 0 bridgehead atoms. The molecule has 1 amide bonds. The number of nitrogens with one attached hydrogen (secondary N) is 1. The van der Waals surface area contributed by atoms with Crippen LogP contribution in [0, 0.1) is 5.82 Å². The second-order valence-electron chi connectivity index (χ2n) is 4.48. The molecule has 0 saturated carbocycles. The summed E-state index contributed by atoms with van der Waals surface area (Å²) in [6.45, 7) is 2.31. The van der Waals surface area contributed by atoms with E-state index in [0.717, 1.165) is 5.56 Å². The predicted octanol–water partition coefficient (Wildman–Crippen LogP) is 3.24. The standard InChI is InChI=1S/C15H15ClFN3O2/c1-2-22-15-18-8-11(9-19-15)20-14(21)6-4-10-3-5-13(17)12(16)7-10/h3,5,7-9H,2,4,6H2,1H3,(H,20,21). The third kappa shape index (κ3) is 4.66. The van der Waals surface area contributed by atoms with Gasteiger partial charge in [0.15, 0.2) is 0 Å². The van der Waals surface area contributed by atoms with Crippen molar-refractivity contribution in [2.75, 3.05) is 11.9 Å². The van der Waals surface area contributed by atoms with E-state index in [4.69, 9.17) is 16.3 Å². The Labute approximate surface area is 132 Å². The Morgan fingerprint density at radius 1 is 1.36 bits per heavy atom. The van der Waals surface area contributed by atoms with Gasteiger partial charge < -0.3 is 10.1 Å². The summed E-state index contributed by atoms with van der Waals surface area (Å²) in [7, 11) is 0. The Morgan fingerprint density at radius 3 is 2.73 bits per heavy atom. The summed E-state index contributed by atoms with van der Waals surface area (Å²) in [5.74, 6) is -0.658. The number of anilines is 1. The minimum absolute atomic E-state index is 0.0535. The third-order valence-corrected chi connectivity index (χ3v) is 3.10. The van der Waals surface area contributed by atoms with Gasteiger partial charge in [-0.1, -0.05) is 17.7 Å². The van der Waals surface area contributed by atoms with Crippen LogP contribution < -0.4 is 10.1 Å². The molecule has 1 aromatic heterocycles. The molecule has 116 valence electrons. The van der Waals surface area contributed by atoms with E-state index in [1.54, 1.807) is 6.07 Å². The van der Waals surface area contributed by atoms with E-state index >= 15 is 0 Å². The normalized spacial score (nSPS) is 10.3. The first-order valence-corrected chi connectivity index (χ1v) is 7.15. The van der Waals surface area contributed by atoms with Gasteiger partial charge in [0, 0.05) is 6.42 Å². The number of aromatic nitrogens is 2. The molecule has 0 aliphatic carbocycles. The lowest BCUT2D eigenvalue weighted by Gasteiger charge is -2.06. The summed E-state index contributed by atoms with van der Waals surface area (Å²) in [5.41, 5.74) is 1.29. The molecule has 2 aromatic rings. The Balaban J connectivity index is 1.85. The maximum atomic E-state index is 13.0. The monoisotopic (exact) mass is 323 g/mol. The summed E-state index contributed by atoms with van der Waals surface area (Å²) < 4.78 is 18.2. The first-order chi connectivity index (χ1) is 10.6. The smallest absolute Gasteiger partial charge is 0.316 e. The summed E-state index contributed by atoms with van der Waals surface area (Å²) in [4.78, 5) is 19.8. The van der Waals surface area contributed by atoms with Crippen molar-refractivity contribution in [3.05, 3.63) is 47.0 Å². The average molecular weight is 324 g/mol. The molecule has 0 spiro atoms. The van der Waals surface area contributed by atoms with Gasteiger partial charge in [0.2, 0.25) is 5.91 Å². The molecule has 22 heavy (non-hydrogen) atoms. The molecule has 0 fully saturated rings. The van der Waals surface area contributed by atoms with Crippen LogP contribution in [0.3, 0.4) is 0 Å². The van der Waals surface area contributed by atoms with Crippen LogP contribution in [0.25, 0.3) is 0 Å². The minimum Gasteiger partial charge on any atom is -0.464 e. The Bertz CT molecular complexity index is 650. The highest BCUT2D eigenvalue weighted by molar-refractivity contribution is 6.30. The maximum absolute atomic E-state index is 13.0. The van der Waals surface area contributed by atoms with E-state index in [0.29, 0.717) is 18.7 Å². The van der Waals surface area contributed by atoms with Gasteiger partial charge in [-0.15, -0.1) is 0 Å². The molecule has 0 aliphatic rings. The van der Waals surface area contributed by atoms with Crippen LogP contribution >= 0.6 is 11.6 Å². The molecule has 0 radical (unpaired) electrons. The molecular formula is C15H15ClFN3O2. The van der Waals surface area contributed by atoms with Crippen molar-refractivity contribution in [2.45, 2.75) is 19.8 Å². The van der Waals surface area contributed by atoms with E-state index in [1.165, 1.54) is 24.5 Å². The summed E-state index contributed by atoms with van der Waals surface area (Å²) in [6, 6.07) is 4.68. The van der Waals surface area contributed by atoms with E-state index in [1.807, 2.05) is 6.92 Å². The second kappa shape index (κ2) is 7.70. The van der Waals surface area contributed by atoms with Gasteiger partial charge >= 0.3 is 6.01 Å². The fraction of sp³-hybridized carbons (Fsp3) is 0.267. The zero-order chi connectivity index (χ0) is 15.9. The lowest BCUT2D eigenvalue weighted by Crippen LogP contribution is -2.13. The van der Waals surface area contributed by atoms with Crippen molar-refractivity contribution < 1.29 is 13.9 Å². The van der Waals surface area contributed by atoms with Crippen LogP contribution in [0.15, 0.2) is 30.6 Å². The number of ether oxygens (including phenoxy) is 1. The summed E-state index contributed by atoms with van der Waals surface area (Å²) in [6.07, 6.45) is 3.66. The van der Waals surface area contributed by atoms with Crippen molar-refractivity contribution in [2.24, 2.45) is 0 Å². The number of halogens is 2. The fourth-order valence-corrected chi connectivity index (χ4v) is 1.96. The highest BCUT2D eigenvalue weighted by Gasteiger charge is 2.06. The van der Waals surface area contributed by atoms with Gasteiger partial charge in [-0.05, 0) is 31.0 Å². The van der Waals surface area contributed by atoms with Crippen LogP contribution in [0.2, 0.25) is 5.02 Å². The lowest BCUT2D eigenvalue weighted by atomic mass is 10.1. The minimum atomic E-state index is -0.471. The van der Waals surface area contributed by atoms with Gasteiger partial charge in [0.1, 0.15) is 5.82 Å². The number of aryl methyl sites for hydroxylation is 1. The van der Waals surface area contributed by atoms with E-state index < -0.39 is 5.82 Å². The number of amides is 1. The quantitative estimate of drug-likeness (QED) is 0.886. The van der Waals surface area contributed by atoms with Gasteiger partial charge in [-0.2, -0.15) is 0 Å². The number of carbonyl (C=O) groups is 1. The highest BCUT2D eigenvalue weighted by atomic mass is 35.5. The number of hydrogen-bond acceptors (Lipinski definition) is 4. The molecule has 0 aliphatic heterocycles. The SMILES string of the molecule is CCOc1ncc(NC(=O)CCc2ccc(F)c(Cl)c2)cn1. The molecule has 2 rings (SSSR count). The fourth-order valence-electron chi connectivity index (χ4n) is 1.76. The van der Waals surface area contributed by atoms with Crippen LogP contribution in [0.4, 0.5) is 10.1 Å². The van der Waals surface area contributed by atoms with E-state index in [9.17, 15) is 9.18 Å². The first kappa shape index (κ1) is 16.2. The summed E-state index contributed by atoms with van der Waals surface area (Å²) in [5, 5.41) is 2.73. The van der Waals surface area contributed by atoms with E-state index in [2.05, 4.69) is 15.3 Å². The number of nitrogens with zero attached hydrogens (tertiary/aromatic N) is 2. The lowest BCUT2D eigenvalue weighted by molar-refractivity contribution is -0.116. The first-order valence-electron chi connectivity index (χ1n) is 6.77. The van der Waals surface area contributed by atoms with Crippen molar-refractivity contribution in [1.82, 2.24) is 9.97 Å². The average Bonchev–Trinajstić information content (AvgIpc) is 2.51. The van der Waals surface area contributed by atoms with Gasteiger partial charge in [0.25, 0.3) is 0 Å². The molecular weight excluding hydrogens is 309 g/mol. The van der Waals surface area contributed by atoms with Crippen LogP contribution in [0.5, 0.6) is 6.01 Å². The molecule has 7 heteroatoms. The number of benzene rings is 1. The zero-order valence-corrected chi connectivity index (χ0v) is 12.7. The second-order valence-corrected chi connectivity index (χ2v) is 4.89. The van der Waals surface area contributed by atoms with Crippen molar-refractivity contribution in [1.29, 1.82) is 0 Å². The maximum Gasteiger partial charge on any atom is 0.316 e. The molecule has 0 unspecified atom stereocenters. The van der Waals surface area contributed by atoms with Crippen LogP contribution in [-0.2, 0) is 11.2 Å². The largest absolute Gasteiger partial charge is 0.464 e. The zero-order valence-electron chi connectivity index (χ0n) is 12.0. The number of hydrogen-bond donors (Lipinski definition) is 1. The van der Waals surface area contributed by atoms with Crippen molar-refractivity contribution in [3.8, 4) is 6.01 Å². The molecule has 1 aromatic carbocycles. The van der Waals surface area contributed by atoms with Crippen LogP contribution in [0.1, 0.15) is 18.9 Å². The van der Waals surface area contributed by atoms with Crippen molar-refractivity contribution in [3.63, 3.8) is 0 Å². The molecule has 5 nitrogen and oxygen atoms in total. The Kier molecular flexibility index (Phi) is 5.66. The third-order valence-electron chi connectivity index (χ3n) is 2.81. The molecule has 0 saturated heterocycles. The van der Waals surface area contributed by atoms with Gasteiger partial charge in [-0.25, -0.2) is 14.4 Å². The topological polar surface area (TPSA) is 64.1 Å². The number of carbonyl (C=O) groups excluding carboxylic acids is 1. The Hall–Kier alpha value is -2.21. The molecule has 0 atom stereocenters.